The predicted octanol–water partition coefficient (Wildman–Crippen LogP) is 3.19. The van der Waals surface area contributed by atoms with Gasteiger partial charge in [0, 0.05) is 17.8 Å². The third-order valence-electron chi connectivity index (χ3n) is 3.84. The van der Waals surface area contributed by atoms with Crippen molar-refractivity contribution in [3.05, 3.63) is 10.6 Å². The second-order valence-corrected chi connectivity index (χ2v) is 6.69. The van der Waals surface area contributed by atoms with E-state index in [9.17, 15) is 4.79 Å². The molecule has 1 saturated carbocycles. The summed E-state index contributed by atoms with van der Waals surface area (Å²) in [5.41, 5.74) is 0.877. The van der Waals surface area contributed by atoms with Gasteiger partial charge in [-0.2, -0.15) is 0 Å². The van der Waals surface area contributed by atoms with Crippen LogP contribution in [0.4, 0.5) is 0 Å². The number of hydrogen-bond donors (Lipinski definition) is 1. The van der Waals surface area contributed by atoms with E-state index in [1.165, 1.54) is 24.4 Å². The lowest BCUT2D eigenvalue weighted by atomic mass is 9.88. The SMILES string of the molecule is CC(C)c1nnsc1C(=O)NCC1(CCl)CCCC1. The lowest BCUT2D eigenvalue weighted by Gasteiger charge is -2.26. The molecule has 4 nitrogen and oxygen atoms in total. The van der Waals surface area contributed by atoms with Crippen LogP contribution >= 0.6 is 23.1 Å². The Hall–Kier alpha value is -0.680. The van der Waals surface area contributed by atoms with Crippen molar-refractivity contribution in [2.45, 2.75) is 45.4 Å². The molecule has 0 unspecified atom stereocenters. The highest BCUT2D eigenvalue weighted by Gasteiger charge is 2.33. The first-order chi connectivity index (χ1) is 9.08. The van der Waals surface area contributed by atoms with E-state index < -0.39 is 0 Å². The molecule has 0 atom stereocenters. The summed E-state index contributed by atoms with van der Waals surface area (Å²) in [7, 11) is 0. The van der Waals surface area contributed by atoms with Crippen molar-refractivity contribution in [1.82, 2.24) is 14.9 Å². The Balaban J connectivity index is 1.99. The molecule has 0 saturated heterocycles. The molecule has 1 fully saturated rings. The molecule has 1 aromatic heterocycles. The first-order valence-corrected chi connectivity index (χ1v) is 8.05. The second-order valence-electron chi connectivity index (χ2n) is 5.67. The molecule has 1 N–H and O–H groups in total. The summed E-state index contributed by atoms with van der Waals surface area (Å²) in [5.74, 6) is 0.772. The molecule has 1 aliphatic carbocycles. The van der Waals surface area contributed by atoms with E-state index in [0.717, 1.165) is 18.5 Å². The highest BCUT2D eigenvalue weighted by Crippen LogP contribution is 2.38. The maximum Gasteiger partial charge on any atom is 0.264 e. The molecule has 0 spiro atoms. The molecule has 6 heteroatoms. The van der Waals surface area contributed by atoms with Crippen LogP contribution in [0.3, 0.4) is 0 Å². The van der Waals surface area contributed by atoms with Gasteiger partial charge in [-0.05, 0) is 30.3 Å². The molecule has 19 heavy (non-hydrogen) atoms. The third kappa shape index (κ3) is 3.26. The summed E-state index contributed by atoms with van der Waals surface area (Å²) in [5, 5.41) is 7.06. The Morgan fingerprint density at radius 2 is 2.16 bits per heavy atom. The van der Waals surface area contributed by atoms with Crippen LogP contribution in [0.1, 0.15) is 60.8 Å². The number of halogens is 1. The molecule has 0 bridgehead atoms. The Labute approximate surface area is 123 Å². The van der Waals surface area contributed by atoms with Gasteiger partial charge in [0.25, 0.3) is 5.91 Å². The largest absolute Gasteiger partial charge is 0.351 e. The summed E-state index contributed by atoms with van der Waals surface area (Å²) >= 11 is 7.25. The first-order valence-electron chi connectivity index (χ1n) is 6.74. The zero-order chi connectivity index (χ0) is 13.9. The van der Waals surface area contributed by atoms with Gasteiger partial charge in [-0.25, -0.2) is 0 Å². The van der Waals surface area contributed by atoms with Gasteiger partial charge >= 0.3 is 0 Å². The average Bonchev–Trinajstić information content (AvgIpc) is 3.05. The van der Waals surface area contributed by atoms with Crippen molar-refractivity contribution in [2.24, 2.45) is 5.41 Å². The van der Waals surface area contributed by atoms with Crippen LogP contribution in [-0.2, 0) is 0 Å². The van der Waals surface area contributed by atoms with Crippen LogP contribution in [0, 0.1) is 5.41 Å². The Morgan fingerprint density at radius 3 is 2.74 bits per heavy atom. The van der Waals surface area contributed by atoms with Crippen LogP contribution in [0.15, 0.2) is 0 Å². The van der Waals surface area contributed by atoms with E-state index in [2.05, 4.69) is 14.9 Å². The van der Waals surface area contributed by atoms with Gasteiger partial charge < -0.3 is 5.32 Å². The topological polar surface area (TPSA) is 54.9 Å². The van der Waals surface area contributed by atoms with E-state index in [4.69, 9.17) is 11.6 Å². The number of nitrogens with one attached hydrogen (secondary N) is 1. The Morgan fingerprint density at radius 1 is 1.47 bits per heavy atom. The van der Waals surface area contributed by atoms with Crippen molar-refractivity contribution in [3.63, 3.8) is 0 Å². The maximum atomic E-state index is 12.2. The van der Waals surface area contributed by atoms with Crippen LogP contribution in [0.5, 0.6) is 0 Å². The lowest BCUT2D eigenvalue weighted by Crippen LogP contribution is -2.37. The summed E-state index contributed by atoms with van der Waals surface area (Å²) in [4.78, 5) is 12.9. The highest BCUT2D eigenvalue weighted by molar-refractivity contribution is 7.08. The fourth-order valence-corrected chi connectivity index (χ4v) is 3.66. The van der Waals surface area contributed by atoms with Crippen molar-refractivity contribution in [2.75, 3.05) is 12.4 Å². The minimum atomic E-state index is -0.0601. The number of carbonyl (C=O) groups excluding carboxylic acids is 1. The van der Waals surface area contributed by atoms with Gasteiger partial charge in [0.15, 0.2) is 0 Å². The Kier molecular flexibility index (Phi) is 4.79. The maximum absolute atomic E-state index is 12.2. The van der Waals surface area contributed by atoms with Gasteiger partial charge in [0.2, 0.25) is 0 Å². The van der Waals surface area contributed by atoms with Gasteiger partial charge in [0.1, 0.15) is 4.88 Å². The second kappa shape index (κ2) is 6.18. The molecule has 106 valence electrons. The number of amides is 1. The highest BCUT2D eigenvalue weighted by atomic mass is 35.5. The summed E-state index contributed by atoms with van der Waals surface area (Å²) in [6.45, 7) is 4.69. The molecular formula is C13H20ClN3OS. The fraction of sp³-hybridized carbons (Fsp3) is 0.769. The molecule has 0 aromatic carbocycles. The lowest BCUT2D eigenvalue weighted by molar-refractivity contribution is 0.0937. The number of nitrogens with zero attached hydrogens (tertiary/aromatic N) is 2. The van der Waals surface area contributed by atoms with Crippen molar-refractivity contribution < 1.29 is 4.79 Å². The van der Waals surface area contributed by atoms with E-state index in [-0.39, 0.29) is 17.2 Å². The summed E-state index contributed by atoms with van der Waals surface area (Å²) in [6, 6.07) is 0. The number of hydrogen-bond acceptors (Lipinski definition) is 4. The number of alkyl halides is 1. The summed E-state index contributed by atoms with van der Waals surface area (Å²) < 4.78 is 3.89. The molecule has 1 amide bonds. The first kappa shape index (κ1) is 14.7. The molecular weight excluding hydrogens is 282 g/mol. The smallest absolute Gasteiger partial charge is 0.264 e. The van der Waals surface area contributed by atoms with Gasteiger partial charge in [0.05, 0.1) is 5.69 Å². The average molecular weight is 302 g/mol. The molecule has 1 aliphatic rings. The molecule has 0 aliphatic heterocycles. The molecule has 0 radical (unpaired) electrons. The summed E-state index contributed by atoms with van der Waals surface area (Å²) in [6.07, 6.45) is 4.63. The van der Waals surface area contributed by atoms with E-state index >= 15 is 0 Å². The molecule has 1 heterocycles. The van der Waals surface area contributed by atoms with Crippen LogP contribution in [0.2, 0.25) is 0 Å². The van der Waals surface area contributed by atoms with Crippen molar-refractivity contribution in [3.8, 4) is 0 Å². The molecule has 2 rings (SSSR count). The third-order valence-corrected chi connectivity index (χ3v) is 5.15. The zero-order valence-corrected chi connectivity index (χ0v) is 13.0. The van der Waals surface area contributed by atoms with Crippen LogP contribution in [0.25, 0.3) is 0 Å². The minimum Gasteiger partial charge on any atom is -0.351 e. The molecule has 1 aromatic rings. The fourth-order valence-electron chi connectivity index (χ4n) is 2.56. The Bertz CT molecular complexity index is 441. The number of rotatable bonds is 5. The predicted molar refractivity (Wildman–Crippen MR) is 78.0 cm³/mol. The van der Waals surface area contributed by atoms with Gasteiger partial charge in [-0.3, -0.25) is 4.79 Å². The van der Waals surface area contributed by atoms with Crippen LogP contribution in [-0.4, -0.2) is 27.9 Å². The van der Waals surface area contributed by atoms with Crippen LogP contribution < -0.4 is 5.32 Å². The van der Waals surface area contributed by atoms with Crippen molar-refractivity contribution >= 4 is 29.0 Å². The zero-order valence-electron chi connectivity index (χ0n) is 11.4. The minimum absolute atomic E-state index is 0.0601. The van der Waals surface area contributed by atoms with Gasteiger partial charge in [-0.1, -0.05) is 31.2 Å². The van der Waals surface area contributed by atoms with E-state index in [1.807, 2.05) is 13.8 Å². The quantitative estimate of drug-likeness (QED) is 0.850. The standard InChI is InChI=1S/C13H20ClN3OS/c1-9(2)10-11(19-17-16-10)12(18)15-8-13(7-14)5-3-4-6-13/h9H,3-8H2,1-2H3,(H,15,18). The normalized spacial score (nSPS) is 17.9. The van der Waals surface area contributed by atoms with E-state index in [0.29, 0.717) is 17.3 Å². The van der Waals surface area contributed by atoms with E-state index in [1.54, 1.807) is 0 Å². The van der Waals surface area contributed by atoms with Gasteiger partial charge in [-0.15, -0.1) is 16.7 Å². The monoisotopic (exact) mass is 301 g/mol. The van der Waals surface area contributed by atoms with Crippen molar-refractivity contribution in [1.29, 1.82) is 0 Å². The number of carbonyl (C=O) groups is 1. The number of aromatic nitrogens is 2.